The van der Waals surface area contributed by atoms with E-state index in [1.807, 2.05) is 29.7 Å². The van der Waals surface area contributed by atoms with Gasteiger partial charge in [-0.25, -0.2) is 0 Å². The van der Waals surface area contributed by atoms with Gasteiger partial charge in [0, 0.05) is 48.3 Å². The molecule has 2 heterocycles. The summed E-state index contributed by atoms with van der Waals surface area (Å²) in [5.41, 5.74) is 2.24. The Labute approximate surface area is 170 Å². The van der Waals surface area contributed by atoms with Gasteiger partial charge in [-0.1, -0.05) is 0 Å². The fourth-order valence-electron chi connectivity index (χ4n) is 3.97. The SMILES string of the molecule is Cc1cc(C(=O)N2CCSCC2)ccc1NC(=O)C1CCCN1C(=O)C1CC1. The summed E-state index contributed by atoms with van der Waals surface area (Å²) in [6.45, 7) is 4.15. The number of rotatable bonds is 4. The van der Waals surface area contributed by atoms with Crippen molar-refractivity contribution in [3.8, 4) is 0 Å². The van der Waals surface area contributed by atoms with E-state index in [2.05, 4.69) is 5.32 Å². The molecule has 0 bridgehead atoms. The lowest BCUT2D eigenvalue weighted by molar-refractivity contribution is -0.137. The number of benzene rings is 1. The van der Waals surface area contributed by atoms with Gasteiger partial charge in [0.1, 0.15) is 6.04 Å². The number of nitrogens with zero attached hydrogens (tertiary/aromatic N) is 2. The van der Waals surface area contributed by atoms with E-state index in [1.165, 1.54) is 0 Å². The van der Waals surface area contributed by atoms with Gasteiger partial charge in [0.2, 0.25) is 11.8 Å². The molecule has 0 aromatic heterocycles. The summed E-state index contributed by atoms with van der Waals surface area (Å²) in [5.74, 6) is 2.16. The largest absolute Gasteiger partial charge is 0.337 e. The molecule has 3 amide bonds. The normalized spacial score (nSPS) is 22.2. The molecule has 6 nitrogen and oxygen atoms in total. The highest BCUT2D eigenvalue weighted by Crippen LogP contribution is 2.34. The summed E-state index contributed by atoms with van der Waals surface area (Å²) < 4.78 is 0. The molecule has 4 rings (SSSR count). The van der Waals surface area contributed by atoms with Gasteiger partial charge >= 0.3 is 0 Å². The van der Waals surface area contributed by atoms with Crippen molar-refractivity contribution in [2.24, 2.45) is 5.92 Å². The lowest BCUT2D eigenvalue weighted by atomic mass is 10.1. The number of amides is 3. The topological polar surface area (TPSA) is 69.7 Å². The first-order valence-electron chi connectivity index (χ1n) is 10.1. The Morgan fingerprint density at radius 1 is 1.07 bits per heavy atom. The molecular weight excluding hydrogens is 374 g/mol. The first-order chi connectivity index (χ1) is 13.5. The number of aryl methyl sites for hydroxylation is 1. The molecule has 3 fully saturated rings. The third kappa shape index (κ3) is 4.04. The van der Waals surface area contributed by atoms with E-state index in [0.717, 1.165) is 49.4 Å². The second-order valence-electron chi connectivity index (χ2n) is 7.89. The van der Waals surface area contributed by atoms with Crippen LogP contribution in [0.3, 0.4) is 0 Å². The molecule has 1 atom stereocenters. The Kier molecular flexibility index (Phi) is 5.62. The van der Waals surface area contributed by atoms with Crippen molar-refractivity contribution in [3.63, 3.8) is 0 Å². The van der Waals surface area contributed by atoms with E-state index in [0.29, 0.717) is 24.2 Å². The van der Waals surface area contributed by atoms with Gasteiger partial charge in [-0.05, 0) is 56.4 Å². The summed E-state index contributed by atoms with van der Waals surface area (Å²) in [6.07, 6.45) is 3.49. The summed E-state index contributed by atoms with van der Waals surface area (Å²) in [5, 5.41) is 2.98. The number of carbonyl (C=O) groups excluding carboxylic acids is 3. The van der Waals surface area contributed by atoms with Crippen LogP contribution in [-0.2, 0) is 9.59 Å². The van der Waals surface area contributed by atoms with Crippen molar-refractivity contribution in [2.45, 2.75) is 38.6 Å². The molecule has 1 aliphatic carbocycles. The standard InChI is InChI=1S/C21H27N3O3S/c1-14-13-16(20(26)23-9-11-28-12-10-23)6-7-17(14)22-19(25)18-3-2-8-24(18)21(27)15-4-5-15/h6-7,13,15,18H,2-5,8-12H2,1H3,(H,22,25). The van der Waals surface area contributed by atoms with Crippen molar-refractivity contribution in [1.29, 1.82) is 0 Å². The Balaban J connectivity index is 1.42. The molecule has 1 aromatic rings. The van der Waals surface area contributed by atoms with Gasteiger partial charge < -0.3 is 15.1 Å². The third-order valence-corrected chi connectivity index (χ3v) is 6.74. The molecule has 7 heteroatoms. The van der Waals surface area contributed by atoms with Gasteiger partial charge in [-0.3, -0.25) is 14.4 Å². The van der Waals surface area contributed by atoms with Crippen LogP contribution in [0.4, 0.5) is 5.69 Å². The van der Waals surface area contributed by atoms with E-state index in [1.54, 1.807) is 17.0 Å². The average molecular weight is 402 g/mol. The van der Waals surface area contributed by atoms with Crippen LogP contribution in [0.15, 0.2) is 18.2 Å². The Morgan fingerprint density at radius 3 is 2.50 bits per heavy atom. The lowest BCUT2D eigenvalue weighted by Crippen LogP contribution is -2.43. The van der Waals surface area contributed by atoms with Gasteiger partial charge in [0.15, 0.2) is 0 Å². The number of thioether (sulfide) groups is 1. The van der Waals surface area contributed by atoms with Crippen molar-refractivity contribution in [3.05, 3.63) is 29.3 Å². The average Bonchev–Trinajstić information content (AvgIpc) is 3.45. The van der Waals surface area contributed by atoms with Crippen LogP contribution >= 0.6 is 11.8 Å². The molecule has 0 spiro atoms. The highest BCUT2D eigenvalue weighted by molar-refractivity contribution is 7.99. The monoisotopic (exact) mass is 401 g/mol. The predicted molar refractivity (Wildman–Crippen MR) is 110 cm³/mol. The predicted octanol–water partition coefficient (Wildman–Crippen LogP) is 2.52. The van der Waals surface area contributed by atoms with E-state index in [-0.39, 0.29) is 29.7 Å². The van der Waals surface area contributed by atoms with Gasteiger partial charge in [-0.15, -0.1) is 0 Å². The molecule has 28 heavy (non-hydrogen) atoms. The van der Waals surface area contributed by atoms with Crippen LogP contribution in [-0.4, -0.2) is 64.7 Å². The number of nitrogens with one attached hydrogen (secondary N) is 1. The zero-order chi connectivity index (χ0) is 19.7. The fourth-order valence-corrected chi connectivity index (χ4v) is 4.87. The minimum absolute atomic E-state index is 0.0540. The van der Waals surface area contributed by atoms with E-state index < -0.39 is 0 Å². The highest BCUT2D eigenvalue weighted by Gasteiger charge is 2.40. The Bertz CT molecular complexity index is 787. The molecule has 0 radical (unpaired) electrons. The number of hydrogen-bond acceptors (Lipinski definition) is 4. The minimum atomic E-state index is -0.375. The fraction of sp³-hybridized carbons (Fsp3) is 0.571. The molecule has 3 aliphatic rings. The van der Waals surface area contributed by atoms with Gasteiger partial charge in [0.25, 0.3) is 5.91 Å². The summed E-state index contributed by atoms with van der Waals surface area (Å²) in [4.78, 5) is 41.5. The smallest absolute Gasteiger partial charge is 0.253 e. The molecule has 150 valence electrons. The quantitative estimate of drug-likeness (QED) is 0.842. The molecule has 1 unspecified atom stereocenters. The molecule has 1 saturated carbocycles. The molecular formula is C21H27N3O3S. The summed E-state index contributed by atoms with van der Waals surface area (Å²) in [6, 6.07) is 5.07. The molecule has 1 N–H and O–H groups in total. The maximum absolute atomic E-state index is 12.8. The van der Waals surface area contributed by atoms with Crippen LogP contribution in [0.2, 0.25) is 0 Å². The number of carbonyl (C=O) groups is 3. The van der Waals surface area contributed by atoms with Crippen LogP contribution in [0, 0.1) is 12.8 Å². The van der Waals surface area contributed by atoms with Crippen LogP contribution in [0.1, 0.15) is 41.6 Å². The summed E-state index contributed by atoms with van der Waals surface area (Å²) in [7, 11) is 0. The molecule has 2 aliphatic heterocycles. The maximum Gasteiger partial charge on any atom is 0.253 e. The van der Waals surface area contributed by atoms with Crippen molar-refractivity contribution < 1.29 is 14.4 Å². The number of anilines is 1. The summed E-state index contributed by atoms with van der Waals surface area (Å²) >= 11 is 1.87. The Morgan fingerprint density at radius 2 is 1.82 bits per heavy atom. The lowest BCUT2D eigenvalue weighted by Gasteiger charge is -2.27. The third-order valence-electron chi connectivity index (χ3n) is 5.79. The first kappa shape index (κ1) is 19.3. The maximum atomic E-state index is 12.8. The van der Waals surface area contributed by atoms with Crippen molar-refractivity contribution >= 4 is 35.2 Å². The second-order valence-corrected chi connectivity index (χ2v) is 9.11. The molecule has 1 aromatic carbocycles. The van der Waals surface area contributed by atoms with E-state index in [4.69, 9.17) is 0 Å². The number of likely N-dealkylation sites (tertiary alicyclic amines) is 1. The van der Waals surface area contributed by atoms with Crippen LogP contribution in [0.5, 0.6) is 0 Å². The van der Waals surface area contributed by atoms with Crippen molar-refractivity contribution in [1.82, 2.24) is 9.80 Å². The van der Waals surface area contributed by atoms with Crippen LogP contribution < -0.4 is 5.32 Å². The molecule has 2 saturated heterocycles. The Hall–Kier alpha value is -2.02. The zero-order valence-electron chi connectivity index (χ0n) is 16.3. The minimum Gasteiger partial charge on any atom is -0.337 e. The van der Waals surface area contributed by atoms with Gasteiger partial charge in [-0.2, -0.15) is 11.8 Å². The first-order valence-corrected chi connectivity index (χ1v) is 11.3. The van der Waals surface area contributed by atoms with Gasteiger partial charge in [0.05, 0.1) is 0 Å². The zero-order valence-corrected chi connectivity index (χ0v) is 17.1. The second kappa shape index (κ2) is 8.15. The van der Waals surface area contributed by atoms with Crippen molar-refractivity contribution in [2.75, 3.05) is 36.5 Å². The highest BCUT2D eigenvalue weighted by atomic mass is 32.2. The van der Waals surface area contributed by atoms with E-state index >= 15 is 0 Å². The van der Waals surface area contributed by atoms with Crippen LogP contribution in [0.25, 0.3) is 0 Å². The number of hydrogen-bond donors (Lipinski definition) is 1. The van der Waals surface area contributed by atoms with E-state index in [9.17, 15) is 14.4 Å².